The van der Waals surface area contributed by atoms with Gasteiger partial charge in [0.05, 0.1) is 26.1 Å². The van der Waals surface area contributed by atoms with Gasteiger partial charge in [-0.25, -0.2) is 4.98 Å². The van der Waals surface area contributed by atoms with Crippen molar-refractivity contribution in [2.45, 2.75) is 50.1 Å². The first kappa shape index (κ1) is 24.6. The van der Waals surface area contributed by atoms with Gasteiger partial charge in [-0.05, 0) is 30.0 Å². The van der Waals surface area contributed by atoms with Crippen molar-refractivity contribution in [3.63, 3.8) is 0 Å². The van der Waals surface area contributed by atoms with Gasteiger partial charge < -0.3 is 25.1 Å². The van der Waals surface area contributed by atoms with E-state index < -0.39 is 30.1 Å². The van der Waals surface area contributed by atoms with Gasteiger partial charge in [0.25, 0.3) is 0 Å². The van der Waals surface area contributed by atoms with E-state index in [0.29, 0.717) is 6.61 Å². The van der Waals surface area contributed by atoms with Gasteiger partial charge in [-0.3, -0.25) is 4.57 Å². The molecule has 9 nitrogen and oxygen atoms in total. The fourth-order valence-electron chi connectivity index (χ4n) is 4.86. The molecule has 3 heterocycles. The zero-order valence-corrected chi connectivity index (χ0v) is 20.6. The van der Waals surface area contributed by atoms with E-state index in [1.165, 1.54) is 16.5 Å². The molecule has 1 aliphatic heterocycles. The Labute approximate surface area is 218 Å². The van der Waals surface area contributed by atoms with Crippen LogP contribution in [0.1, 0.15) is 30.2 Å². The Balaban J connectivity index is 1.35. The lowest BCUT2D eigenvalue weighted by atomic mass is 9.94. The normalized spacial score (nSPS) is 24.7. The molecule has 1 saturated carbocycles. The van der Waals surface area contributed by atoms with E-state index in [4.69, 9.17) is 19.9 Å². The zero-order chi connectivity index (χ0) is 26.1. The minimum atomic E-state index is -1.15. The number of nitrogens with zero attached hydrogens (tertiary/aromatic N) is 4. The van der Waals surface area contributed by atoms with E-state index in [1.807, 2.05) is 66.7 Å². The van der Waals surface area contributed by atoms with E-state index in [9.17, 15) is 9.50 Å². The average Bonchev–Trinajstić information content (AvgIpc) is 3.56. The van der Waals surface area contributed by atoms with Crippen LogP contribution in [0.15, 0.2) is 78.6 Å². The van der Waals surface area contributed by atoms with Crippen LogP contribution in [0, 0.1) is 6.08 Å². The zero-order valence-electron chi connectivity index (χ0n) is 20.6. The second-order valence-electron chi connectivity index (χ2n) is 9.65. The number of aromatic nitrogens is 4. The maximum absolute atomic E-state index is 14.1. The Kier molecular flexibility index (Phi) is 6.62. The number of nitrogens with two attached hydrogens (primary N) is 1. The van der Waals surface area contributed by atoms with Gasteiger partial charge in [-0.1, -0.05) is 66.2 Å². The molecule has 2 fully saturated rings. The molecule has 2 aromatic carbocycles. The number of allylic oxidation sites excluding steroid dienone is 1. The summed E-state index contributed by atoms with van der Waals surface area (Å²) in [6, 6.07) is 19.5. The molecule has 4 atom stereocenters. The molecular formula is C28H28FN5O4. The molecule has 1 saturated heterocycles. The Morgan fingerprint density at radius 2 is 1.74 bits per heavy atom. The number of ether oxygens (including phenoxy) is 3. The molecule has 0 unspecified atom stereocenters. The van der Waals surface area contributed by atoms with E-state index in [1.54, 1.807) is 0 Å². The van der Waals surface area contributed by atoms with Crippen LogP contribution in [0.3, 0.4) is 0 Å². The molecule has 4 aromatic rings. The summed E-state index contributed by atoms with van der Waals surface area (Å²) in [6.45, 7) is 0.761. The Bertz CT molecular complexity index is 1440. The van der Waals surface area contributed by atoms with Crippen LogP contribution in [0.4, 0.5) is 10.2 Å². The van der Waals surface area contributed by atoms with Gasteiger partial charge >= 0.3 is 6.08 Å². The SMILES string of the molecule is Nc1nc(F)nc2c1ncn2[C@@H]1O[C@](C=C2CC2)(COCc2ccccc2)[C@@H](OCc2ccccc2)[C@H]1O. The average molecular weight is 518 g/mol. The largest absolute Gasteiger partial charge is 0.386 e. The van der Waals surface area contributed by atoms with Crippen molar-refractivity contribution in [2.24, 2.45) is 0 Å². The van der Waals surface area contributed by atoms with E-state index in [2.05, 4.69) is 15.0 Å². The van der Waals surface area contributed by atoms with Gasteiger partial charge in [0.2, 0.25) is 0 Å². The second-order valence-corrected chi connectivity index (χ2v) is 9.65. The minimum Gasteiger partial charge on any atom is -0.386 e. The fourth-order valence-corrected chi connectivity index (χ4v) is 4.86. The monoisotopic (exact) mass is 517 g/mol. The number of hydrogen-bond acceptors (Lipinski definition) is 8. The van der Waals surface area contributed by atoms with Crippen LogP contribution in [0.2, 0.25) is 0 Å². The third-order valence-electron chi connectivity index (χ3n) is 6.82. The van der Waals surface area contributed by atoms with Gasteiger partial charge in [-0.2, -0.15) is 14.4 Å². The van der Waals surface area contributed by atoms with Crippen molar-refractivity contribution in [2.75, 3.05) is 12.3 Å². The predicted octanol–water partition coefficient (Wildman–Crippen LogP) is 3.70. The van der Waals surface area contributed by atoms with Gasteiger partial charge in [-0.15, -0.1) is 0 Å². The highest BCUT2D eigenvalue weighted by Gasteiger charge is 2.56. The van der Waals surface area contributed by atoms with Gasteiger partial charge in [0.1, 0.15) is 17.8 Å². The third kappa shape index (κ3) is 4.91. The fraction of sp³-hybridized carbons (Fsp3) is 0.321. The first-order chi connectivity index (χ1) is 18.5. The molecule has 0 amide bonds. The van der Waals surface area contributed by atoms with E-state index >= 15 is 0 Å². The van der Waals surface area contributed by atoms with Crippen molar-refractivity contribution in [1.82, 2.24) is 19.5 Å². The molecule has 0 bridgehead atoms. The summed E-state index contributed by atoms with van der Waals surface area (Å²) in [4.78, 5) is 11.7. The number of anilines is 1. The quantitative estimate of drug-likeness (QED) is 0.255. The smallest absolute Gasteiger partial charge is 0.312 e. The number of rotatable bonds is 9. The summed E-state index contributed by atoms with van der Waals surface area (Å²) in [7, 11) is 0. The summed E-state index contributed by atoms with van der Waals surface area (Å²) < 4.78 is 34.7. The van der Waals surface area contributed by atoms with Crippen LogP contribution < -0.4 is 5.73 Å². The van der Waals surface area contributed by atoms with E-state index in [-0.39, 0.29) is 30.2 Å². The third-order valence-corrected chi connectivity index (χ3v) is 6.82. The van der Waals surface area contributed by atoms with Crippen LogP contribution in [-0.4, -0.2) is 49.0 Å². The van der Waals surface area contributed by atoms with Crippen molar-refractivity contribution in [3.05, 3.63) is 95.8 Å². The summed E-state index contributed by atoms with van der Waals surface area (Å²) in [5.41, 5.74) is 8.28. The number of nitrogen functional groups attached to an aromatic ring is 1. The predicted molar refractivity (Wildman–Crippen MR) is 137 cm³/mol. The molecule has 0 spiro atoms. The second kappa shape index (κ2) is 10.2. The van der Waals surface area contributed by atoms with Crippen molar-refractivity contribution < 1.29 is 23.7 Å². The highest BCUT2D eigenvalue weighted by atomic mass is 19.1. The first-order valence-electron chi connectivity index (χ1n) is 12.5. The van der Waals surface area contributed by atoms with Gasteiger partial charge in [0.15, 0.2) is 23.2 Å². The van der Waals surface area contributed by atoms with Crippen LogP contribution >= 0.6 is 0 Å². The van der Waals surface area contributed by atoms with Crippen LogP contribution in [0.5, 0.6) is 0 Å². The first-order valence-corrected chi connectivity index (χ1v) is 12.5. The van der Waals surface area contributed by atoms with Crippen LogP contribution in [-0.2, 0) is 27.4 Å². The lowest BCUT2D eigenvalue weighted by Gasteiger charge is -2.32. The maximum atomic E-state index is 14.1. The summed E-state index contributed by atoms with van der Waals surface area (Å²) in [5.74, 6) is -0.0897. The topological polar surface area (TPSA) is 118 Å². The molecule has 38 heavy (non-hydrogen) atoms. The minimum absolute atomic E-state index is 0.0897. The highest BCUT2D eigenvalue weighted by molar-refractivity contribution is 5.81. The lowest BCUT2D eigenvalue weighted by molar-refractivity contribution is -0.129. The lowest BCUT2D eigenvalue weighted by Crippen LogP contribution is -2.47. The molecule has 196 valence electrons. The Hall–Kier alpha value is -3.70. The molecule has 2 aliphatic rings. The number of imidazole rings is 1. The number of benzene rings is 2. The van der Waals surface area contributed by atoms with Crippen molar-refractivity contribution in [1.29, 1.82) is 0 Å². The summed E-state index contributed by atoms with van der Waals surface area (Å²) >= 11 is 0. The maximum Gasteiger partial charge on any atom is 0.312 e. The molecular weight excluding hydrogens is 489 g/mol. The number of aliphatic hydroxyl groups is 1. The van der Waals surface area contributed by atoms with Crippen LogP contribution in [0.25, 0.3) is 11.2 Å². The van der Waals surface area contributed by atoms with Crippen molar-refractivity contribution in [3.8, 4) is 0 Å². The molecule has 1 aliphatic carbocycles. The summed E-state index contributed by atoms with van der Waals surface area (Å²) in [6.07, 6.45) is 1.41. The highest BCUT2D eigenvalue weighted by Crippen LogP contribution is 2.45. The van der Waals surface area contributed by atoms with Gasteiger partial charge in [0, 0.05) is 0 Å². The summed E-state index contributed by atoms with van der Waals surface area (Å²) in [5, 5.41) is 11.6. The molecule has 6 rings (SSSR count). The Morgan fingerprint density at radius 1 is 1.05 bits per heavy atom. The molecule has 0 radical (unpaired) electrons. The molecule has 2 aromatic heterocycles. The molecule has 10 heteroatoms. The standard InChI is InChI=1S/C28H28FN5O4/c29-27-32-24(30)21-25(33-27)34(17-31-21)26-22(35)23(37-15-20-9-5-2-6-10-20)28(38-26,13-18-11-12-18)16-36-14-19-7-3-1-4-8-19/h1-10,13,17,22-23,26,35H,11-12,14-16H2,(H2,30,32,33)/t22-,23+,26-,28-/m1/s1. The van der Waals surface area contributed by atoms with E-state index in [0.717, 1.165) is 24.0 Å². The number of fused-ring (bicyclic) bond motifs is 1. The Morgan fingerprint density at radius 3 is 2.42 bits per heavy atom. The molecule has 3 N–H and O–H groups in total. The number of aliphatic hydroxyl groups excluding tert-OH is 1. The van der Waals surface area contributed by atoms with Crippen molar-refractivity contribution >= 4 is 17.0 Å². The number of halogens is 1. The number of hydrogen-bond donors (Lipinski definition) is 2.